The minimum Gasteiger partial charge on any atom is -0.461 e. The summed E-state index contributed by atoms with van der Waals surface area (Å²) >= 11 is 0. The van der Waals surface area contributed by atoms with Crippen LogP contribution in [-0.2, 0) is 16.2 Å². The molecule has 19 heavy (non-hydrogen) atoms. The summed E-state index contributed by atoms with van der Waals surface area (Å²) in [5.41, 5.74) is 5.98. The smallest absolute Gasteiger partial charge is 0.358 e. The highest BCUT2D eigenvalue weighted by molar-refractivity contribution is 6.76. The van der Waals surface area contributed by atoms with E-state index in [1.54, 1.807) is 6.92 Å². The van der Waals surface area contributed by atoms with Gasteiger partial charge in [-0.1, -0.05) is 19.6 Å². The molecule has 0 saturated heterocycles. The molecule has 0 saturated carbocycles. The summed E-state index contributed by atoms with van der Waals surface area (Å²) in [5, 5.41) is 4.07. The van der Waals surface area contributed by atoms with E-state index in [1.807, 2.05) is 0 Å². The first kappa shape index (κ1) is 15.7. The van der Waals surface area contributed by atoms with Gasteiger partial charge in [0.1, 0.15) is 12.5 Å². The van der Waals surface area contributed by atoms with Crippen LogP contribution in [0.25, 0.3) is 0 Å². The van der Waals surface area contributed by atoms with Crippen molar-refractivity contribution in [1.29, 1.82) is 0 Å². The van der Waals surface area contributed by atoms with Crippen LogP contribution in [0.2, 0.25) is 25.7 Å². The first-order valence-electron chi connectivity index (χ1n) is 6.41. The zero-order valence-electron chi connectivity index (χ0n) is 12.1. The van der Waals surface area contributed by atoms with Gasteiger partial charge in [-0.25, -0.2) is 9.48 Å². The fourth-order valence-corrected chi connectivity index (χ4v) is 2.13. The molecule has 0 bridgehead atoms. The van der Waals surface area contributed by atoms with Gasteiger partial charge in [0.15, 0.2) is 5.69 Å². The van der Waals surface area contributed by atoms with Crippen molar-refractivity contribution < 1.29 is 14.3 Å². The molecule has 0 atom stereocenters. The van der Waals surface area contributed by atoms with Crippen LogP contribution in [0.1, 0.15) is 17.4 Å². The second-order valence-electron chi connectivity index (χ2n) is 5.52. The second kappa shape index (κ2) is 6.72. The molecular formula is C12H23N3O3Si. The van der Waals surface area contributed by atoms with Gasteiger partial charge in [0, 0.05) is 20.7 Å². The molecule has 0 radical (unpaired) electrons. The van der Waals surface area contributed by atoms with Crippen LogP contribution in [0.4, 0.5) is 5.82 Å². The summed E-state index contributed by atoms with van der Waals surface area (Å²) in [6.07, 6.45) is 0. The highest BCUT2D eigenvalue weighted by Gasteiger charge is 2.15. The van der Waals surface area contributed by atoms with Gasteiger partial charge in [-0.15, -0.1) is 0 Å². The molecule has 0 spiro atoms. The van der Waals surface area contributed by atoms with Crippen molar-refractivity contribution in [3.05, 3.63) is 11.8 Å². The molecule has 7 heteroatoms. The summed E-state index contributed by atoms with van der Waals surface area (Å²) in [6.45, 7) is 9.88. The first-order valence-corrected chi connectivity index (χ1v) is 10.1. The zero-order valence-corrected chi connectivity index (χ0v) is 13.1. The van der Waals surface area contributed by atoms with Crippen molar-refractivity contribution in [2.45, 2.75) is 39.3 Å². The fraction of sp³-hybridized carbons (Fsp3) is 0.667. The molecule has 0 fully saturated rings. The van der Waals surface area contributed by atoms with E-state index >= 15 is 0 Å². The molecule has 6 nitrogen and oxygen atoms in total. The molecule has 2 N–H and O–H groups in total. The summed E-state index contributed by atoms with van der Waals surface area (Å²) in [6, 6.07) is 2.58. The highest BCUT2D eigenvalue weighted by Crippen LogP contribution is 2.10. The third kappa shape index (κ3) is 5.44. The van der Waals surface area contributed by atoms with Crippen molar-refractivity contribution >= 4 is 19.9 Å². The Labute approximate surface area is 114 Å². The molecule has 108 valence electrons. The number of nitrogens with two attached hydrogens (primary N) is 1. The maximum atomic E-state index is 11.5. The third-order valence-electron chi connectivity index (χ3n) is 2.51. The Morgan fingerprint density at radius 3 is 2.74 bits per heavy atom. The molecule has 0 aliphatic heterocycles. The summed E-state index contributed by atoms with van der Waals surface area (Å²) in [5.74, 6) is -0.0638. The number of rotatable bonds is 7. The third-order valence-corrected chi connectivity index (χ3v) is 4.21. The van der Waals surface area contributed by atoms with E-state index < -0.39 is 14.0 Å². The number of nitrogen functional groups attached to an aromatic ring is 1. The Hall–Kier alpha value is -1.34. The number of hydrogen-bond acceptors (Lipinski definition) is 5. The number of aromatic nitrogens is 2. The SMILES string of the molecule is CCOC(=O)c1cc(N)n(COCC[Si](C)(C)C)n1. The summed E-state index contributed by atoms with van der Waals surface area (Å²) < 4.78 is 11.9. The van der Waals surface area contributed by atoms with Crippen molar-refractivity contribution in [3.8, 4) is 0 Å². The fourth-order valence-electron chi connectivity index (χ4n) is 1.37. The van der Waals surface area contributed by atoms with E-state index in [-0.39, 0.29) is 12.4 Å². The van der Waals surface area contributed by atoms with E-state index in [0.29, 0.717) is 19.0 Å². The molecule has 1 rings (SSSR count). The lowest BCUT2D eigenvalue weighted by Crippen LogP contribution is -2.22. The molecule has 0 aliphatic carbocycles. The van der Waals surface area contributed by atoms with Gasteiger partial charge in [0.2, 0.25) is 0 Å². The number of carbonyl (C=O) groups excluding carboxylic acids is 1. The second-order valence-corrected chi connectivity index (χ2v) is 11.1. The van der Waals surface area contributed by atoms with Gasteiger partial charge in [0.05, 0.1) is 6.61 Å². The van der Waals surface area contributed by atoms with Gasteiger partial charge in [-0.3, -0.25) is 0 Å². The summed E-state index contributed by atoms with van der Waals surface area (Å²) in [4.78, 5) is 11.5. The first-order chi connectivity index (χ1) is 8.83. The van der Waals surface area contributed by atoms with Crippen LogP contribution in [0.15, 0.2) is 6.07 Å². The normalized spacial score (nSPS) is 11.6. The Morgan fingerprint density at radius 1 is 1.47 bits per heavy atom. The Morgan fingerprint density at radius 2 is 2.16 bits per heavy atom. The van der Waals surface area contributed by atoms with E-state index in [1.165, 1.54) is 10.7 Å². The van der Waals surface area contributed by atoms with Gasteiger partial charge in [-0.05, 0) is 13.0 Å². The number of carbonyl (C=O) groups is 1. The molecule has 1 aromatic rings. The monoisotopic (exact) mass is 285 g/mol. The Balaban J connectivity index is 2.48. The average Bonchev–Trinajstić information content (AvgIpc) is 2.66. The number of anilines is 1. The predicted molar refractivity (Wildman–Crippen MR) is 76.7 cm³/mol. The lowest BCUT2D eigenvalue weighted by molar-refractivity contribution is 0.0511. The minimum atomic E-state index is -1.09. The van der Waals surface area contributed by atoms with Crippen LogP contribution in [0.5, 0.6) is 0 Å². The van der Waals surface area contributed by atoms with E-state index in [0.717, 1.165) is 6.04 Å². The number of ether oxygens (including phenoxy) is 2. The number of nitrogens with zero attached hydrogens (tertiary/aromatic N) is 2. The van der Waals surface area contributed by atoms with Gasteiger partial charge in [0.25, 0.3) is 0 Å². The largest absolute Gasteiger partial charge is 0.461 e. The maximum absolute atomic E-state index is 11.5. The van der Waals surface area contributed by atoms with Crippen LogP contribution in [0, 0.1) is 0 Å². The molecule has 1 aromatic heterocycles. The van der Waals surface area contributed by atoms with Crippen LogP contribution >= 0.6 is 0 Å². The molecule has 0 aromatic carbocycles. The highest BCUT2D eigenvalue weighted by atomic mass is 28.3. The van der Waals surface area contributed by atoms with Crippen molar-refractivity contribution in [1.82, 2.24) is 9.78 Å². The maximum Gasteiger partial charge on any atom is 0.358 e. The van der Waals surface area contributed by atoms with Gasteiger partial charge >= 0.3 is 5.97 Å². The lowest BCUT2D eigenvalue weighted by Gasteiger charge is -2.15. The molecule has 0 unspecified atom stereocenters. The van der Waals surface area contributed by atoms with Crippen molar-refractivity contribution in [2.75, 3.05) is 18.9 Å². The average molecular weight is 285 g/mol. The van der Waals surface area contributed by atoms with Crippen LogP contribution in [0.3, 0.4) is 0 Å². The van der Waals surface area contributed by atoms with Gasteiger partial charge < -0.3 is 15.2 Å². The van der Waals surface area contributed by atoms with E-state index in [9.17, 15) is 4.79 Å². The molecule has 0 aliphatic rings. The zero-order chi connectivity index (χ0) is 14.5. The predicted octanol–water partition coefficient (Wildman–Crippen LogP) is 1.95. The molecule has 0 amide bonds. The van der Waals surface area contributed by atoms with Crippen molar-refractivity contribution in [2.24, 2.45) is 0 Å². The topological polar surface area (TPSA) is 79.4 Å². The minimum absolute atomic E-state index is 0.216. The molecule has 1 heterocycles. The molecular weight excluding hydrogens is 262 g/mol. The standard InChI is InChI=1S/C12H23N3O3Si/c1-5-18-12(16)10-8-11(13)15(14-10)9-17-6-7-19(2,3)4/h8H,5-7,9,13H2,1-4H3. The Kier molecular flexibility index (Phi) is 5.55. The Bertz CT molecular complexity index is 426. The lowest BCUT2D eigenvalue weighted by atomic mass is 10.4. The van der Waals surface area contributed by atoms with E-state index in [4.69, 9.17) is 15.2 Å². The number of esters is 1. The number of hydrogen-bond donors (Lipinski definition) is 1. The quantitative estimate of drug-likeness (QED) is 0.470. The van der Waals surface area contributed by atoms with Crippen LogP contribution in [-0.4, -0.2) is 37.0 Å². The van der Waals surface area contributed by atoms with Crippen molar-refractivity contribution in [3.63, 3.8) is 0 Å². The van der Waals surface area contributed by atoms with Crippen LogP contribution < -0.4 is 5.73 Å². The summed E-state index contributed by atoms with van der Waals surface area (Å²) in [7, 11) is -1.09. The van der Waals surface area contributed by atoms with E-state index in [2.05, 4.69) is 24.7 Å². The van der Waals surface area contributed by atoms with Gasteiger partial charge in [-0.2, -0.15) is 5.10 Å².